The molecule has 1 heterocycles. The largest absolute Gasteiger partial charge is 0.433 e. The lowest BCUT2D eigenvalue weighted by molar-refractivity contribution is -0.141. The van der Waals surface area contributed by atoms with Gasteiger partial charge in [-0.25, -0.2) is 0 Å². The van der Waals surface area contributed by atoms with Crippen LogP contribution in [0.3, 0.4) is 0 Å². The van der Waals surface area contributed by atoms with E-state index in [1.54, 1.807) is 6.07 Å². The van der Waals surface area contributed by atoms with E-state index in [4.69, 9.17) is 5.73 Å². The average molecular weight is 306 g/mol. The zero-order valence-corrected chi connectivity index (χ0v) is 12.0. The molecular formula is C17H17F3N2. The van der Waals surface area contributed by atoms with Crippen molar-refractivity contribution in [2.24, 2.45) is 5.73 Å². The normalized spacial score (nSPS) is 18.1. The maximum absolute atomic E-state index is 12.9. The smallest absolute Gasteiger partial charge is 0.330 e. The lowest BCUT2D eigenvalue weighted by Crippen LogP contribution is -2.18. The summed E-state index contributed by atoms with van der Waals surface area (Å²) >= 11 is 0. The molecule has 1 aliphatic carbocycles. The fourth-order valence-electron chi connectivity index (χ4n) is 3.22. The van der Waals surface area contributed by atoms with E-state index in [0.717, 1.165) is 36.5 Å². The van der Waals surface area contributed by atoms with Gasteiger partial charge in [-0.15, -0.1) is 0 Å². The van der Waals surface area contributed by atoms with Crippen LogP contribution < -0.4 is 5.73 Å². The molecule has 116 valence electrons. The minimum absolute atomic E-state index is 0.299. The maximum Gasteiger partial charge on any atom is 0.433 e. The number of benzene rings is 1. The van der Waals surface area contributed by atoms with Crippen LogP contribution in [0.2, 0.25) is 0 Å². The highest BCUT2D eigenvalue weighted by Gasteiger charge is 2.32. The van der Waals surface area contributed by atoms with Crippen molar-refractivity contribution >= 4 is 0 Å². The van der Waals surface area contributed by atoms with Crippen molar-refractivity contribution < 1.29 is 13.2 Å². The number of rotatable bonds is 2. The summed E-state index contributed by atoms with van der Waals surface area (Å²) < 4.78 is 38.6. The molecular weight excluding hydrogens is 289 g/mol. The standard InChI is InChI=1S/C17H17F3N2/c18-17(19,20)16-9-11(7-8-22-16)13-4-2-5-14-12(10-21)3-1-6-15(13)14/h2,4-5,7-9,12H,1,3,6,10,21H2/t12-/m0/s1. The van der Waals surface area contributed by atoms with E-state index in [0.29, 0.717) is 18.0 Å². The van der Waals surface area contributed by atoms with Crippen LogP contribution in [0.4, 0.5) is 13.2 Å². The second-order valence-corrected chi connectivity index (χ2v) is 5.63. The molecule has 0 spiro atoms. The third kappa shape index (κ3) is 2.73. The highest BCUT2D eigenvalue weighted by molar-refractivity contribution is 5.69. The minimum atomic E-state index is -4.43. The molecule has 2 aromatic rings. The van der Waals surface area contributed by atoms with Crippen molar-refractivity contribution in [3.8, 4) is 11.1 Å². The Bertz CT molecular complexity index is 680. The first-order valence-electron chi connectivity index (χ1n) is 7.36. The third-order valence-corrected chi connectivity index (χ3v) is 4.28. The first-order chi connectivity index (χ1) is 10.5. The summed E-state index contributed by atoms with van der Waals surface area (Å²) in [5.41, 5.74) is 8.71. The number of hydrogen-bond donors (Lipinski definition) is 1. The zero-order valence-electron chi connectivity index (χ0n) is 12.0. The molecule has 0 bridgehead atoms. The van der Waals surface area contributed by atoms with E-state index in [2.05, 4.69) is 4.98 Å². The topological polar surface area (TPSA) is 38.9 Å². The molecule has 1 atom stereocenters. The fourth-order valence-corrected chi connectivity index (χ4v) is 3.22. The molecule has 1 aliphatic rings. The summed E-state index contributed by atoms with van der Waals surface area (Å²) in [6.45, 7) is 0.570. The first-order valence-corrected chi connectivity index (χ1v) is 7.36. The molecule has 1 aromatic carbocycles. The van der Waals surface area contributed by atoms with Crippen LogP contribution in [-0.4, -0.2) is 11.5 Å². The second-order valence-electron chi connectivity index (χ2n) is 5.63. The maximum atomic E-state index is 12.9. The highest BCUT2D eigenvalue weighted by Crippen LogP contribution is 2.38. The molecule has 1 aromatic heterocycles. The lowest BCUT2D eigenvalue weighted by Gasteiger charge is -2.26. The van der Waals surface area contributed by atoms with Crippen LogP contribution in [0.15, 0.2) is 36.5 Å². The quantitative estimate of drug-likeness (QED) is 0.905. The van der Waals surface area contributed by atoms with Gasteiger partial charge in [-0.05, 0) is 66.1 Å². The number of alkyl halides is 3. The van der Waals surface area contributed by atoms with Gasteiger partial charge in [0.1, 0.15) is 5.69 Å². The van der Waals surface area contributed by atoms with Gasteiger partial charge in [-0.1, -0.05) is 18.2 Å². The molecule has 0 saturated heterocycles. The molecule has 22 heavy (non-hydrogen) atoms. The first kappa shape index (κ1) is 15.0. The van der Waals surface area contributed by atoms with Crippen LogP contribution in [0.25, 0.3) is 11.1 Å². The van der Waals surface area contributed by atoms with E-state index in [1.807, 2.05) is 18.2 Å². The van der Waals surface area contributed by atoms with Gasteiger partial charge in [0.05, 0.1) is 0 Å². The van der Waals surface area contributed by atoms with Crippen molar-refractivity contribution in [2.45, 2.75) is 31.4 Å². The van der Waals surface area contributed by atoms with Gasteiger partial charge in [0.15, 0.2) is 0 Å². The average Bonchev–Trinajstić information content (AvgIpc) is 2.53. The van der Waals surface area contributed by atoms with E-state index in [9.17, 15) is 13.2 Å². The Morgan fingerprint density at radius 3 is 2.77 bits per heavy atom. The van der Waals surface area contributed by atoms with Crippen LogP contribution in [0.1, 0.15) is 35.6 Å². The van der Waals surface area contributed by atoms with Gasteiger partial charge in [0.25, 0.3) is 0 Å². The van der Waals surface area contributed by atoms with E-state index in [1.165, 1.54) is 11.8 Å². The molecule has 0 amide bonds. The molecule has 0 saturated carbocycles. The summed E-state index contributed by atoms with van der Waals surface area (Å²) in [5.74, 6) is 0.299. The van der Waals surface area contributed by atoms with Crippen LogP contribution >= 0.6 is 0 Å². The molecule has 0 unspecified atom stereocenters. The van der Waals surface area contributed by atoms with Crippen LogP contribution in [0.5, 0.6) is 0 Å². The molecule has 2 nitrogen and oxygen atoms in total. The summed E-state index contributed by atoms with van der Waals surface area (Å²) in [7, 11) is 0. The molecule has 3 rings (SSSR count). The van der Waals surface area contributed by atoms with E-state index >= 15 is 0 Å². The molecule has 2 N–H and O–H groups in total. The van der Waals surface area contributed by atoms with E-state index in [-0.39, 0.29) is 0 Å². The number of hydrogen-bond acceptors (Lipinski definition) is 2. The predicted molar refractivity (Wildman–Crippen MR) is 79.4 cm³/mol. The van der Waals surface area contributed by atoms with Crippen molar-refractivity contribution in [3.63, 3.8) is 0 Å². The van der Waals surface area contributed by atoms with Crippen molar-refractivity contribution in [1.82, 2.24) is 4.98 Å². The van der Waals surface area contributed by atoms with Crippen molar-refractivity contribution in [3.05, 3.63) is 53.3 Å². The van der Waals surface area contributed by atoms with Crippen molar-refractivity contribution in [1.29, 1.82) is 0 Å². The van der Waals surface area contributed by atoms with Gasteiger partial charge < -0.3 is 5.73 Å². The van der Waals surface area contributed by atoms with Crippen LogP contribution in [-0.2, 0) is 12.6 Å². The summed E-state index contributed by atoms with van der Waals surface area (Å²) in [6, 6.07) is 8.59. The number of fused-ring (bicyclic) bond motifs is 1. The third-order valence-electron chi connectivity index (χ3n) is 4.28. The number of nitrogens with two attached hydrogens (primary N) is 1. The Morgan fingerprint density at radius 2 is 2.05 bits per heavy atom. The lowest BCUT2D eigenvalue weighted by atomic mass is 9.79. The second kappa shape index (κ2) is 5.72. The Labute approximate surface area is 127 Å². The monoisotopic (exact) mass is 306 g/mol. The van der Waals surface area contributed by atoms with Gasteiger partial charge in [0, 0.05) is 6.20 Å². The SMILES string of the molecule is NC[C@@H]1CCCc2c(-c3ccnc(C(F)(F)F)c3)cccc21. The number of halogens is 3. The molecule has 0 radical (unpaired) electrons. The van der Waals surface area contributed by atoms with Crippen molar-refractivity contribution in [2.75, 3.05) is 6.54 Å². The summed E-state index contributed by atoms with van der Waals surface area (Å²) in [6.07, 6.45) is -0.267. The number of pyridine rings is 1. The van der Waals surface area contributed by atoms with Gasteiger partial charge >= 0.3 is 6.18 Å². The summed E-state index contributed by atoms with van der Waals surface area (Å²) in [4.78, 5) is 3.43. The molecule has 5 heteroatoms. The molecule has 0 fully saturated rings. The van der Waals surface area contributed by atoms with Gasteiger partial charge in [-0.3, -0.25) is 4.98 Å². The predicted octanol–water partition coefficient (Wildman–Crippen LogP) is 4.15. The van der Waals surface area contributed by atoms with Gasteiger partial charge in [0.2, 0.25) is 0 Å². The van der Waals surface area contributed by atoms with Crippen LogP contribution in [0, 0.1) is 0 Å². The Hall–Kier alpha value is -1.88. The summed E-state index contributed by atoms with van der Waals surface area (Å²) in [5, 5.41) is 0. The van der Waals surface area contributed by atoms with Gasteiger partial charge in [-0.2, -0.15) is 13.2 Å². The number of nitrogens with zero attached hydrogens (tertiary/aromatic N) is 1. The Balaban J connectivity index is 2.10. The zero-order chi connectivity index (χ0) is 15.7. The Morgan fingerprint density at radius 1 is 1.23 bits per heavy atom. The number of aromatic nitrogens is 1. The molecule has 0 aliphatic heterocycles. The highest BCUT2D eigenvalue weighted by atomic mass is 19.4. The minimum Gasteiger partial charge on any atom is -0.330 e. The van der Waals surface area contributed by atoms with E-state index < -0.39 is 11.9 Å². The Kier molecular flexibility index (Phi) is 3.91. The fraction of sp³-hybridized carbons (Fsp3) is 0.353.